The molecule has 1 aliphatic carbocycles. The molecule has 3 unspecified atom stereocenters. The first-order valence-electron chi connectivity index (χ1n) is 11.0. The molecule has 1 aliphatic rings. The van der Waals surface area contributed by atoms with E-state index >= 15 is 0 Å². The maximum Gasteiger partial charge on any atom is 0.315 e. The van der Waals surface area contributed by atoms with Gasteiger partial charge in [0.15, 0.2) is 5.79 Å². The van der Waals surface area contributed by atoms with Crippen LogP contribution in [0, 0.1) is 5.92 Å². The van der Waals surface area contributed by atoms with E-state index in [0.29, 0.717) is 28.3 Å². The first-order chi connectivity index (χ1) is 15.9. The third-order valence-electron chi connectivity index (χ3n) is 5.99. The number of fused-ring (bicyclic) bond motifs is 1. The molecule has 0 saturated heterocycles. The van der Waals surface area contributed by atoms with E-state index in [0.717, 1.165) is 0 Å². The van der Waals surface area contributed by atoms with Crippen LogP contribution in [0.3, 0.4) is 0 Å². The van der Waals surface area contributed by atoms with Gasteiger partial charge in [0.2, 0.25) is 0 Å². The molecule has 3 atom stereocenters. The fourth-order valence-electron chi connectivity index (χ4n) is 4.61. The summed E-state index contributed by atoms with van der Waals surface area (Å²) >= 11 is 0. The Morgan fingerprint density at radius 1 is 1.12 bits per heavy atom. The number of hydrogen-bond donors (Lipinski definition) is 2. The van der Waals surface area contributed by atoms with Crippen molar-refractivity contribution in [3.8, 4) is 11.4 Å². The van der Waals surface area contributed by atoms with Gasteiger partial charge >= 0.3 is 5.97 Å². The molecule has 8 nitrogen and oxygen atoms in total. The maximum atomic E-state index is 13.6. The Hall–Kier alpha value is -3.36. The second-order valence-corrected chi connectivity index (χ2v) is 7.92. The number of H-pyrrole nitrogens is 1. The molecule has 0 fully saturated rings. The number of aliphatic hydroxyl groups is 1. The van der Waals surface area contributed by atoms with Crippen molar-refractivity contribution in [2.24, 2.45) is 5.92 Å². The zero-order valence-corrected chi connectivity index (χ0v) is 18.9. The van der Waals surface area contributed by atoms with Crippen LogP contribution in [-0.2, 0) is 20.7 Å². The average molecular weight is 453 g/mol. The number of carbonyl (C=O) groups is 1. The molecular formula is C25H28N2O6. The molecule has 0 aliphatic heterocycles. The zero-order valence-electron chi connectivity index (χ0n) is 18.9. The molecule has 0 bridgehead atoms. The van der Waals surface area contributed by atoms with Gasteiger partial charge in [-0.3, -0.25) is 14.7 Å². The molecule has 2 N–H and O–H groups in total. The van der Waals surface area contributed by atoms with E-state index in [2.05, 4.69) is 5.10 Å². The Bertz CT molecular complexity index is 1170. The molecular weight excluding hydrogens is 424 g/mol. The minimum Gasteiger partial charge on any atom is -0.497 e. The normalized spacial score (nSPS) is 21.9. The maximum absolute atomic E-state index is 13.6. The number of para-hydroxylation sites is 1. The van der Waals surface area contributed by atoms with Crippen LogP contribution < -0.4 is 10.3 Å². The summed E-state index contributed by atoms with van der Waals surface area (Å²) < 4.78 is 17.8. The number of methoxy groups -OCH3 is 1. The number of hydrogen-bond acceptors (Lipinski definition) is 6. The first-order valence-corrected chi connectivity index (χ1v) is 11.0. The molecule has 0 radical (unpaired) electrons. The van der Waals surface area contributed by atoms with Gasteiger partial charge < -0.3 is 19.3 Å². The minimum atomic E-state index is -1.86. The van der Waals surface area contributed by atoms with Gasteiger partial charge in [-0.25, -0.2) is 4.68 Å². The molecule has 1 heterocycles. The van der Waals surface area contributed by atoms with Gasteiger partial charge in [-0.2, -0.15) is 0 Å². The third kappa shape index (κ3) is 4.07. The van der Waals surface area contributed by atoms with Crippen molar-refractivity contribution >= 4 is 5.97 Å². The van der Waals surface area contributed by atoms with E-state index < -0.39 is 23.6 Å². The summed E-state index contributed by atoms with van der Waals surface area (Å²) in [5.41, 5.74) is 1.96. The number of nitrogens with one attached hydrogen (secondary N) is 1. The lowest BCUT2D eigenvalue weighted by atomic mass is 9.70. The van der Waals surface area contributed by atoms with Crippen molar-refractivity contribution in [2.75, 3.05) is 20.3 Å². The standard InChI is InChI=1S/C25H28N2O6/c1-4-32-24(29)22-20(16-11-13-18(31-3)14-12-16)21-19(15-25(22,30)33-5-2)26-27(23(21)28)17-9-7-6-8-10-17/h6-14,20,22,26,30H,4-5,15H2,1-3H3. The molecule has 2 aromatic carbocycles. The van der Waals surface area contributed by atoms with Crippen LogP contribution in [0.4, 0.5) is 0 Å². The fraction of sp³-hybridized carbons (Fsp3) is 0.360. The Morgan fingerprint density at radius 3 is 2.42 bits per heavy atom. The van der Waals surface area contributed by atoms with Gasteiger partial charge in [0, 0.05) is 30.2 Å². The van der Waals surface area contributed by atoms with Gasteiger partial charge in [-0.1, -0.05) is 30.3 Å². The van der Waals surface area contributed by atoms with Gasteiger partial charge in [-0.15, -0.1) is 0 Å². The summed E-state index contributed by atoms with van der Waals surface area (Å²) in [4.78, 5) is 26.8. The van der Waals surface area contributed by atoms with Crippen molar-refractivity contribution in [3.63, 3.8) is 0 Å². The van der Waals surface area contributed by atoms with Gasteiger partial charge in [0.05, 0.1) is 19.4 Å². The topological polar surface area (TPSA) is 103 Å². The lowest BCUT2D eigenvalue weighted by molar-refractivity contribution is -0.244. The minimum absolute atomic E-state index is 0.0542. The highest BCUT2D eigenvalue weighted by atomic mass is 16.6. The summed E-state index contributed by atoms with van der Waals surface area (Å²) in [6.07, 6.45) is -0.0542. The number of aromatic nitrogens is 2. The lowest BCUT2D eigenvalue weighted by Gasteiger charge is -2.41. The predicted octanol–water partition coefficient (Wildman–Crippen LogP) is 2.77. The number of ether oxygens (including phenoxy) is 3. The number of esters is 1. The van der Waals surface area contributed by atoms with Crippen molar-refractivity contribution in [3.05, 3.63) is 81.8 Å². The van der Waals surface area contributed by atoms with Crippen LogP contribution >= 0.6 is 0 Å². The number of benzene rings is 2. The largest absolute Gasteiger partial charge is 0.497 e. The van der Waals surface area contributed by atoms with Crippen LogP contribution in [0.2, 0.25) is 0 Å². The quantitative estimate of drug-likeness (QED) is 0.422. The lowest BCUT2D eigenvalue weighted by Crippen LogP contribution is -2.53. The fourth-order valence-corrected chi connectivity index (χ4v) is 4.61. The van der Waals surface area contributed by atoms with E-state index in [1.165, 1.54) is 4.68 Å². The molecule has 174 valence electrons. The Balaban J connectivity index is 1.96. The SMILES string of the molecule is CCOC(=O)C1C(c2ccc(OC)cc2)c2c([nH]n(-c3ccccc3)c2=O)CC1(O)OCC. The second-order valence-electron chi connectivity index (χ2n) is 7.92. The average Bonchev–Trinajstić information content (AvgIpc) is 3.14. The first kappa shape index (κ1) is 22.8. The van der Waals surface area contributed by atoms with Crippen molar-refractivity contribution in [1.29, 1.82) is 0 Å². The molecule has 3 aromatic rings. The van der Waals surface area contributed by atoms with Crippen LogP contribution in [0.1, 0.15) is 36.6 Å². The molecule has 0 saturated carbocycles. The van der Waals surface area contributed by atoms with E-state index in [1.807, 2.05) is 30.3 Å². The number of aromatic amines is 1. The molecule has 0 spiro atoms. The monoisotopic (exact) mass is 452 g/mol. The summed E-state index contributed by atoms with van der Waals surface area (Å²) in [5.74, 6) is -3.76. The highest BCUT2D eigenvalue weighted by Crippen LogP contribution is 2.45. The Kier molecular flexibility index (Phi) is 6.40. The van der Waals surface area contributed by atoms with Crippen molar-refractivity contribution < 1.29 is 24.1 Å². The van der Waals surface area contributed by atoms with Crippen LogP contribution in [0.25, 0.3) is 5.69 Å². The van der Waals surface area contributed by atoms with Gasteiger partial charge in [0.1, 0.15) is 11.7 Å². The molecule has 0 amide bonds. The Morgan fingerprint density at radius 2 is 1.82 bits per heavy atom. The van der Waals surface area contributed by atoms with Crippen LogP contribution in [0.15, 0.2) is 59.4 Å². The third-order valence-corrected chi connectivity index (χ3v) is 5.99. The van der Waals surface area contributed by atoms with Crippen LogP contribution in [-0.4, -0.2) is 47.0 Å². The molecule has 33 heavy (non-hydrogen) atoms. The van der Waals surface area contributed by atoms with E-state index in [9.17, 15) is 14.7 Å². The highest BCUT2D eigenvalue weighted by Gasteiger charge is 2.55. The van der Waals surface area contributed by atoms with E-state index in [-0.39, 0.29) is 25.2 Å². The molecule has 4 rings (SSSR count). The van der Waals surface area contributed by atoms with Crippen LogP contribution in [0.5, 0.6) is 5.75 Å². The number of carbonyl (C=O) groups excluding carboxylic acids is 1. The molecule has 1 aromatic heterocycles. The Labute approximate surface area is 191 Å². The van der Waals surface area contributed by atoms with Gasteiger partial charge in [0.25, 0.3) is 5.56 Å². The van der Waals surface area contributed by atoms with Gasteiger partial charge in [-0.05, 0) is 43.7 Å². The molecule has 8 heteroatoms. The number of rotatable bonds is 7. The van der Waals surface area contributed by atoms with Crippen molar-refractivity contribution in [1.82, 2.24) is 9.78 Å². The summed E-state index contributed by atoms with van der Waals surface area (Å²) in [6, 6.07) is 16.2. The predicted molar refractivity (Wildman–Crippen MR) is 122 cm³/mol. The smallest absolute Gasteiger partial charge is 0.315 e. The number of nitrogens with zero attached hydrogens (tertiary/aromatic N) is 1. The second kappa shape index (κ2) is 9.25. The van der Waals surface area contributed by atoms with Crippen molar-refractivity contribution in [2.45, 2.75) is 32.0 Å². The summed E-state index contributed by atoms with van der Waals surface area (Å²) in [7, 11) is 1.56. The van der Waals surface area contributed by atoms with E-state index in [4.69, 9.17) is 14.2 Å². The van der Waals surface area contributed by atoms with E-state index in [1.54, 1.807) is 45.2 Å². The zero-order chi connectivity index (χ0) is 23.6. The summed E-state index contributed by atoms with van der Waals surface area (Å²) in [5, 5.41) is 14.7. The highest BCUT2D eigenvalue weighted by molar-refractivity contribution is 5.77. The summed E-state index contributed by atoms with van der Waals surface area (Å²) in [6.45, 7) is 3.77.